The summed E-state index contributed by atoms with van der Waals surface area (Å²) in [6.45, 7) is 5.59. The maximum Gasteiger partial charge on any atom is 0.155 e. The van der Waals surface area contributed by atoms with E-state index in [1.165, 1.54) is 0 Å². The minimum atomic E-state index is 0.110. The van der Waals surface area contributed by atoms with Crippen LogP contribution in [-0.4, -0.2) is 15.8 Å². The summed E-state index contributed by atoms with van der Waals surface area (Å²) in [5, 5.41) is 0. The van der Waals surface area contributed by atoms with Gasteiger partial charge in [0, 0.05) is 12.1 Å². The molecule has 0 atom stereocenters. The first-order chi connectivity index (χ1) is 6.61. The summed E-state index contributed by atoms with van der Waals surface area (Å²) in [5.74, 6) is 0.840. The maximum absolute atomic E-state index is 11.0. The zero-order valence-corrected chi connectivity index (χ0v) is 8.74. The summed E-state index contributed by atoms with van der Waals surface area (Å²) < 4.78 is 0. The Bertz CT molecular complexity index is 349. The van der Waals surface area contributed by atoms with Crippen molar-refractivity contribution in [3.8, 4) is 0 Å². The SMILES string of the molecule is CCC(=O)/C=C/c1cc(C)nc(C)n1. The number of aryl methyl sites for hydroxylation is 2. The van der Waals surface area contributed by atoms with Crippen LogP contribution in [0.15, 0.2) is 12.1 Å². The zero-order valence-electron chi connectivity index (χ0n) is 8.74. The van der Waals surface area contributed by atoms with Gasteiger partial charge in [-0.3, -0.25) is 4.79 Å². The highest BCUT2D eigenvalue weighted by Crippen LogP contribution is 2.02. The fourth-order valence-corrected chi connectivity index (χ4v) is 1.13. The quantitative estimate of drug-likeness (QED) is 0.685. The number of carbonyl (C=O) groups is 1. The fraction of sp³-hybridized carbons (Fsp3) is 0.364. The maximum atomic E-state index is 11.0. The Kier molecular flexibility index (Phi) is 3.51. The molecular formula is C11H14N2O. The summed E-state index contributed by atoms with van der Waals surface area (Å²) in [5.41, 5.74) is 1.71. The number of carbonyl (C=O) groups excluding carboxylic acids is 1. The average Bonchev–Trinajstić information content (AvgIpc) is 2.12. The van der Waals surface area contributed by atoms with Gasteiger partial charge < -0.3 is 0 Å². The first-order valence-corrected chi connectivity index (χ1v) is 4.65. The molecule has 3 heteroatoms. The molecule has 0 spiro atoms. The van der Waals surface area contributed by atoms with Crippen LogP contribution in [0.1, 0.15) is 30.6 Å². The molecule has 0 aliphatic carbocycles. The van der Waals surface area contributed by atoms with E-state index in [1.807, 2.05) is 26.8 Å². The lowest BCUT2D eigenvalue weighted by Gasteiger charge is -1.97. The van der Waals surface area contributed by atoms with Crippen LogP contribution in [0.2, 0.25) is 0 Å². The molecule has 74 valence electrons. The number of nitrogens with zero attached hydrogens (tertiary/aromatic N) is 2. The van der Waals surface area contributed by atoms with Gasteiger partial charge in [-0.25, -0.2) is 9.97 Å². The summed E-state index contributed by atoms with van der Waals surface area (Å²) in [6, 6.07) is 1.85. The lowest BCUT2D eigenvalue weighted by atomic mass is 10.2. The minimum Gasteiger partial charge on any atom is -0.295 e. The molecule has 0 N–H and O–H groups in total. The van der Waals surface area contributed by atoms with Crippen molar-refractivity contribution < 1.29 is 4.79 Å². The smallest absolute Gasteiger partial charge is 0.155 e. The number of rotatable bonds is 3. The van der Waals surface area contributed by atoms with Crippen LogP contribution in [0.3, 0.4) is 0 Å². The van der Waals surface area contributed by atoms with Gasteiger partial charge in [-0.2, -0.15) is 0 Å². The number of ketones is 1. The van der Waals surface area contributed by atoms with Crippen molar-refractivity contribution in [3.63, 3.8) is 0 Å². The standard InChI is InChI=1S/C11H14N2O/c1-4-11(14)6-5-10-7-8(2)12-9(3)13-10/h5-7H,4H2,1-3H3/b6-5+. The van der Waals surface area contributed by atoms with Crippen molar-refractivity contribution in [2.75, 3.05) is 0 Å². The Balaban J connectivity index is 2.86. The monoisotopic (exact) mass is 190 g/mol. The number of hydrogen-bond acceptors (Lipinski definition) is 3. The Morgan fingerprint density at radius 1 is 1.43 bits per heavy atom. The molecule has 0 saturated heterocycles. The molecule has 0 aliphatic heterocycles. The van der Waals surface area contributed by atoms with Gasteiger partial charge in [0.15, 0.2) is 5.78 Å². The molecule has 1 rings (SSSR count). The third kappa shape index (κ3) is 3.09. The highest BCUT2D eigenvalue weighted by atomic mass is 16.1. The molecule has 0 aliphatic rings. The number of allylic oxidation sites excluding steroid dienone is 1. The molecule has 3 nitrogen and oxygen atoms in total. The van der Waals surface area contributed by atoms with E-state index in [2.05, 4.69) is 9.97 Å². The van der Waals surface area contributed by atoms with Crippen LogP contribution >= 0.6 is 0 Å². The summed E-state index contributed by atoms with van der Waals surface area (Å²) in [7, 11) is 0. The van der Waals surface area contributed by atoms with Crippen LogP contribution in [0.25, 0.3) is 6.08 Å². The van der Waals surface area contributed by atoms with Crippen molar-refractivity contribution in [2.24, 2.45) is 0 Å². The van der Waals surface area contributed by atoms with Gasteiger partial charge in [-0.15, -0.1) is 0 Å². The third-order valence-electron chi connectivity index (χ3n) is 1.77. The predicted octanol–water partition coefficient (Wildman–Crippen LogP) is 2.09. The van der Waals surface area contributed by atoms with E-state index in [4.69, 9.17) is 0 Å². The van der Waals surface area contributed by atoms with Gasteiger partial charge in [0.2, 0.25) is 0 Å². The molecule has 14 heavy (non-hydrogen) atoms. The Hall–Kier alpha value is -1.51. The molecule has 0 bridgehead atoms. The summed E-state index contributed by atoms with van der Waals surface area (Å²) >= 11 is 0. The lowest BCUT2D eigenvalue weighted by Crippen LogP contribution is -1.94. The molecule has 0 fully saturated rings. The molecule has 1 aromatic rings. The van der Waals surface area contributed by atoms with Crippen LogP contribution < -0.4 is 0 Å². The Morgan fingerprint density at radius 2 is 2.14 bits per heavy atom. The second-order valence-electron chi connectivity index (χ2n) is 3.13. The summed E-state index contributed by atoms with van der Waals surface area (Å²) in [6.07, 6.45) is 3.81. The van der Waals surface area contributed by atoms with E-state index in [1.54, 1.807) is 12.2 Å². The molecule has 0 radical (unpaired) electrons. The predicted molar refractivity (Wildman–Crippen MR) is 55.8 cm³/mol. The second-order valence-corrected chi connectivity index (χ2v) is 3.13. The van der Waals surface area contributed by atoms with E-state index in [-0.39, 0.29) is 5.78 Å². The molecule has 0 unspecified atom stereocenters. The highest BCUT2D eigenvalue weighted by molar-refractivity contribution is 5.93. The van der Waals surface area contributed by atoms with Gasteiger partial charge in [0.25, 0.3) is 0 Å². The van der Waals surface area contributed by atoms with E-state index >= 15 is 0 Å². The Morgan fingerprint density at radius 3 is 2.71 bits per heavy atom. The van der Waals surface area contributed by atoms with Crippen LogP contribution in [0.4, 0.5) is 0 Å². The van der Waals surface area contributed by atoms with Crippen molar-refractivity contribution in [1.29, 1.82) is 0 Å². The molecule has 1 aromatic heterocycles. The van der Waals surface area contributed by atoms with Gasteiger partial charge >= 0.3 is 0 Å². The molecule has 1 heterocycles. The number of aromatic nitrogens is 2. The average molecular weight is 190 g/mol. The van der Waals surface area contributed by atoms with Gasteiger partial charge in [-0.05, 0) is 32.1 Å². The molecule has 0 saturated carbocycles. The van der Waals surface area contributed by atoms with Gasteiger partial charge in [0.05, 0.1) is 5.69 Å². The first-order valence-electron chi connectivity index (χ1n) is 4.65. The molecule has 0 amide bonds. The van der Waals surface area contributed by atoms with Crippen molar-refractivity contribution >= 4 is 11.9 Å². The third-order valence-corrected chi connectivity index (χ3v) is 1.77. The van der Waals surface area contributed by atoms with Crippen LogP contribution in [0.5, 0.6) is 0 Å². The lowest BCUT2D eigenvalue weighted by molar-refractivity contribution is -0.114. The van der Waals surface area contributed by atoms with Gasteiger partial charge in [0.1, 0.15) is 5.82 Å². The van der Waals surface area contributed by atoms with Crippen molar-refractivity contribution in [3.05, 3.63) is 29.4 Å². The van der Waals surface area contributed by atoms with E-state index in [0.29, 0.717) is 6.42 Å². The van der Waals surface area contributed by atoms with E-state index < -0.39 is 0 Å². The van der Waals surface area contributed by atoms with Gasteiger partial charge in [-0.1, -0.05) is 6.92 Å². The molecular weight excluding hydrogens is 176 g/mol. The van der Waals surface area contributed by atoms with E-state index in [0.717, 1.165) is 17.2 Å². The first kappa shape index (κ1) is 10.6. The highest BCUT2D eigenvalue weighted by Gasteiger charge is 1.95. The van der Waals surface area contributed by atoms with Crippen molar-refractivity contribution in [2.45, 2.75) is 27.2 Å². The van der Waals surface area contributed by atoms with Crippen molar-refractivity contribution in [1.82, 2.24) is 9.97 Å². The van der Waals surface area contributed by atoms with Crippen LogP contribution in [0, 0.1) is 13.8 Å². The Labute approximate surface area is 83.9 Å². The minimum absolute atomic E-state index is 0.110. The summed E-state index contributed by atoms with van der Waals surface area (Å²) in [4.78, 5) is 19.4. The van der Waals surface area contributed by atoms with Crippen LogP contribution in [-0.2, 0) is 4.79 Å². The van der Waals surface area contributed by atoms with E-state index in [9.17, 15) is 4.79 Å². The second kappa shape index (κ2) is 4.65. The zero-order chi connectivity index (χ0) is 10.6. The topological polar surface area (TPSA) is 42.9 Å². The molecule has 0 aromatic carbocycles. The fourth-order valence-electron chi connectivity index (χ4n) is 1.13. The largest absolute Gasteiger partial charge is 0.295 e. The number of hydrogen-bond donors (Lipinski definition) is 0. The normalized spacial score (nSPS) is 10.8.